The molecule has 2 aliphatic heterocycles. The molecule has 2 aromatic rings. The van der Waals surface area contributed by atoms with Gasteiger partial charge in [-0.15, -0.1) is 0 Å². The number of carbonyl (C=O) groups excluding carboxylic acids is 1. The predicted molar refractivity (Wildman–Crippen MR) is 141 cm³/mol. The van der Waals surface area contributed by atoms with E-state index in [9.17, 15) is 4.79 Å². The molecule has 2 fully saturated rings. The number of fused-ring (bicyclic) bond motifs is 1. The lowest BCUT2D eigenvalue weighted by atomic mass is 9.92. The van der Waals surface area contributed by atoms with Gasteiger partial charge in [0.25, 0.3) is 8.32 Å². The Kier molecular flexibility index (Phi) is 7.16. The highest BCUT2D eigenvalue weighted by atomic mass is 28.4. The topological polar surface area (TPSA) is 63.2 Å². The first-order valence-electron chi connectivity index (χ1n) is 12.2. The maximum atomic E-state index is 12.5. The zero-order valence-corrected chi connectivity index (χ0v) is 22.7. The SMILES string of the molecule is C=CC(=O)O[C@]1(C=C)[C@@H](CO[Si](c2ccccc2)(c2ccccc2)C(C)(C)C)O[C@@H]2OC(C)(C)O[C@@H]21. The van der Waals surface area contributed by atoms with Crippen molar-refractivity contribution in [1.82, 2.24) is 0 Å². The van der Waals surface area contributed by atoms with Gasteiger partial charge in [0.2, 0.25) is 0 Å². The monoisotopic (exact) mass is 508 g/mol. The lowest BCUT2D eigenvalue weighted by Gasteiger charge is -2.44. The Morgan fingerprint density at radius 2 is 1.56 bits per heavy atom. The van der Waals surface area contributed by atoms with Gasteiger partial charge in [-0.05, 0) is 35.3 Å². The van der Waals surface area contributed by atoms with E-state index in [-0.39, 0.29) is 11.6 Å². The number of hydrogen-bond donors (Lipinski definition) is 0. The van der Waals surface area contributed by atoms with Crippen LogP contribution >= 0.6 is 0 Å². The van der Waals surface area contributed by atoms with E-state index in [1.807, 2.05) is 36.4 Å². The van der Waals surface area contributed by atoms with Crippen LogP contribution < -0.4 is 10.4 Å². The van der Waals surface area contributed by atoms with Crippen molar-refractivity contribution in [2.75, 3.05) is 6.61 Å². The lowest BCUT2D eigenvalue weighted by molar-refractivity contribution is -0.230. The van der Waals surface area contributed by atoms with Crippen molar-refractivity contribution in [3.05, 3.63) is 86.0 Å². The van der Waals surface area contributed by atoms with Crippen molar-refractivity contribution >= 4 is 24.7 Å². The highest BCUT2D eigenvalue weighted by molar-refractivity contribution is 6.99. The Balaban J connectivity index is 1.77. The normalized spacial score (nSPS) is 27.3. The second kappa shape index (κ2) is 9.72. The van der Waals surface area contributed by atoms with Crippen LogP contribution in [0.4, 0.5) is 0 Å². The van der Waals surface area contributed by atoms with Crippen molar-refractivity contribution in [2.45, 2.75) is 69.5 Å². The van der Waals surface area contributed by atoms with Gasteiger partial charge >= 0.3 is 5.97 Å². The summed E-state index contributed by atoms with van der Waals surface area (Å²) in [7, 11) is -2.86. The second-order valence-corrected chi connectivity index (χ2v) is 15.0. The summed E-state index contributed by atoms with van der Waals surface area (Å²) >= 11 is 0. The van der Waals surface area contributed by atoms with Gasteiger partial charge in [0.05, 0.1) is 6.61 Å². The van der Waals surface area contributed by atoms with Crippen LogP contribution in [0.1, 0.15) is 34.6 Å². The molecule has 4 rings (SSSR count). The third kappa shape index (κ3) is 4.50. The minimum atomic E-state index is -2.86. The molecule has 0 aliphatic carbocycles. The first-order valence-corrected chi connectivity index (χ1v) is 14.1. The summed E-state index contributed by atoms with van der Waals surface area (Å²) in [6, 6.07) is 20.7. The average molecular weight is 509 g/mol. The Morgan fingerprint density at radius 1 is 1.00 bits per heavy atom. The van der Waals surface area contributed by atoms with Gasteiger partial charge in [-0.25, -0.2) is 4.79 Å². The van der Waals surface area contributed by atoms with Crippen molar-refractivity contribution in [3.63, 3.8) is 0 Å². The fraction of sp³-hybridized carbons (Fsp3) is 0.414. The van der Waals surface area contributed by atoms with Crippen LogP contribution in [-0.4, -0.2) is 50.8 Å². The van der Waals surface area contributed by atoms with Crippen LogP contribution in [0.3, 0.4) is 0 Å². The van der Waals surface area contributed by atoms with Crippen molar-refractivity contribution < 1.29 is 28.2 Å². The fourth-order valence-corrected chi connectivity index (χ4v) is 9.90. The molecule has 0 N–H and O–H groups in total. The quantitative estimate of drug-likeness (QED) is 0.232. The van der Waals surface area contributed by atoms with E-state index in [1.165, 1.54) is 0 Å². The summed E-state index contributed by atoms with van der Waals surface area (Å²) in [4.78, 5) is 12.5. The van der Waals surface area contributed by atoms with Gasteiger partial charge in [0.15, 0.2) is 23.8 Å². The standard InChI is InChI=1S/C29H36O6Si/c1-8-24(30)33-29(9-2)23(32-26-25(29)34-28(6,7)35-26)20-31-36(27(3,4)5,21-16-12-10-13-17-21)22-18-14-11-15-19-22/h8-19,23,25-26H,1-2,20H2,3-7H3/t23-,25+,26-,29-/m1/s1. The van der Waals surface area contributed by atoms with Crippen LogP contribution in [0.2, 0.25) is 5.04 Å². The second-order valence-electron chi connectivity index (χ2n) is 10.7. The van der Waals surface area contributed by atoms with E-state index in [4.69, 9.17) is 23.4 Å². The summed E-state index contributed by atoms with van der Waals surface area (Å²) < 4.78 is 31.4. The fourth-order valence-electron chi connectivity index (χ4n) is 5.35. The van der Waals surface area contributed by atoms with Gasteiger partial charge in [0, 0.05) is 6.08 Å². The highest BCUT2D eigenvalue weighted by Gasteiger charge is 2.65. The van der Waals surface area contributed by atoms with Gasteiger partial charge in [-0.3, -0.25) is 0 Å². The molecule has 2 saturated heterocycles. The van der Waals surface area contributed by atoms with E-state index in [0.717, 1.165) is 16.4 Å². The van der Waals surface area contributed by atoms with Crippen LogP contribution in [-0.2, 0) is 28.2 Å². The molecule has 0 saturated carbocycles. The van der Waals surface area contributed by atoms with Crippen LogP contribution in [0, 0.1) is 0 Å². The first-order chi connectivity index (χ1) is 17.0. The molecular weight excluding hydrogens is 472 g/mol. The molecule has 0 amide bonds. The molecule has 7 heteroatoms. The highest BCUT2D eigenvalue weighted by Crippen LogP contribution is 2.47. The molecule has 192 valence electrons. The first kappa shape index (κ1) is 26.5. The lowest BCUT2D eigenvalue weighted by Crippen LogP contribution is -2.67. The molecule has 0 radical (unpaired) electrons. The third-order valence-electron chi connectivity index (χ3n) is 6.94. The summed E-state index contributed by atoms with van der Waals surface area (Å²) in [5.41, 5.74) is -1.31. The maximum absolute atomic E-state index is 12.5. The third-order valence-corrected chi connectivity index (χ3v) is 11.9. The zero-order valence-electron chi connectivity index (χ0n) is 21.7. The van der Waals surface area contributed by atoms with Gasteiger partial charge in [-0.1, -0.05) is 94.6 Å². The van der Waals surface area contributed by atoms with E-state index in [1.54, 1.807) is 19.9 Å². The number of carbonyl (C=O) groups is 1. The number of rotatable bonds is 8. The van der Waals surface area contributed by atoms with Crippen molar-refractivity contribution in [1.29, 1.82) is 0 Å². The average Bonchev–Trinajstić information content (AvgIpc) is 3.30. The molecular formula is C29H36O6Si. The van der Waals surface area contributed by atoms with Gasteiger partial charge < -0.3 is 23.4 Å². The molecule has 2 aromatic carbocycles. The molecule has 0 aromatic heterocycles. The Hall–Kier alpha value is -2.55. The maximum Gasteiger partial charge on any atom is 0.331 e. The van der Waals surface area contributed by atoms with Gasteiger partial charge in [-0.2, -0.15) is 0 Å². The predicted octanol–water partition coefficient (Wildman–Crippen LogP) is 4.09. The van der Waals surface area contributed by atoms with E-state index in [0.29, 0.717) is 0 Å². The molecule has 4 atom stereocenters. The van der Waals surface area contributed by atoms with E-state index >= 15 is 0 Å². The number of benzene rings is 2. The zero-order chi connectivity index (χ0) is 26.2. The van der Waals surface area contributed by atoms with Crippen LogP contribution in [0.5, 0.6) is 0 Å². The number of ether oxygens (including phenoxy) is 4. The minimum absolute atomic E-state index is 0.143. The molecule has 0 unspecified atom stereocenters. The van der Waals surface area contributed by atoms with Crippen LogP contribution in [0.15, 0.2) is 86.0 Å². The minimum Gasteiger partial charge on any atom is -0.446 e. The molecule has 0 spiro atoms. The molecule has 2 aliphatic rings. The molecule has 2 heterocycles. The van der Waals surface area contributed by atoms with E-state index < -0.39 is 44.2 Å². The molecule has 36 heavy (non-hydrogen) atoms. The number of esters is 1. The summed E-state index contributed by atoms with van der Waals surface area (Å²) in [5.74, 6) is -1.49. The summed E-state index contributed by atoms with van der Waals surface area (Å²) in [6.45, 7) is 17.9. The van der Waals surface area contributed by atoms with E-state index in [2.05, 4.69) is 58.2 Å². The summed E-state index contributed by atoms with van der Waals surface area (Å²) in [6.07, 6.45) is 0.569. The largest absolute Gasteiger partial charge is 0.446 e. The number of hydrogen-bond acceptors (Lipinski definition) is 6. The Morgan fingerprint density at radius 3 is 2.03 bits per heavy atom. The van der Waals surface area contributed by atoms with Crippen LogP contribution in [0.25, 0.3) is 0 Å². The van der Waals surface area contributed by atoms with Crippen molar-refractivity contribution in [2.24, 2.45) is 0 Å². The smallest absolute Gasteiger partial charge is 0.331 e. The molecule has 0 bridgehead atoms. The van der Waals surface area contributed by atoms with Crippen molar-refractivity contribution in [3.8, 4) is 0 Å². The Labute approximate surface area is 215 Å². The summed E-state index contributed by atoms with van der Waals surface area (Å²) in [5, 5.41) is 2.05. The Bertz CT molecular complexity index is 1050. The van der Waals surface area contributed by atoms with Gasteiger partial charge in [0.1, 0.15) is 6.10 Å². The molecule has 6 nitrogen and oxygen atoms in total.